The van der Waals surface area contributed by atoms with E-state index in [1.165, 1.54) is 0 Å². The van der Waals surface area contributed by atoms with Gasteiger partial charge in [-0.25, -0.2) is 4.98 Å². The first kappa shape index (κ1) is 19.6. The van der Waals surface area contributed by atoms with Crippen LogP contribution < -0.4 is 10.6 Å². The van der Waals surface area contributed by atoms with E-state index in [0.29, 0.717) is 12.3 Å². The highest BCUT2D eigenvalue weighted by molar-refractivity contribution is 7.09. The van der Waals surface area contributed by atoms with Gasteiger partial charge in [0.1, 0.15) is 5.01 Å². The van der Waals surface area contributed by atoms with Crippen LogP contribution in [-0.4, -0.2) is 24.0 Å². The largest absolute Gasteiger partial charge is 0.345 e. The number of hydrogen-bond donors (Lipinski definition) is 2. The molecule has 2 N–H and O–H groups in total. The molecule has 2 heterocycles. The average Bonchev–Trinajstić information content (AvgIpc) is 2.83. The van der Waals surface area contributed by atoms with Gasteiger partial charge in [-0.1, -0.05) is 0 Å². The highest BCUT2D eigenvalue weighted by Gasteiger charge is 2.26. The maximum atomic E-state index is 12.1. The molecule has 0 bridgehead atoms. The van der Waals surface area contributed by atoms with Gasteiger partial charge >= 0.3 is 0 Å². The van der Waals surface area contributed by atoms with Gasteiger partial charge in [0.2, 0.25) is 5.91 Å². The van der Waals surface area contributed by atoms with E-state index < -0.39 is 0 Å². The molecule has 1 aliphatic rings. The maximum Gasteiger partial charge on any atom is 0.221 e. The third kappa shape index (κ3) is 5.56. The number of aromatic nitrogens is 1. The molecule has 116 valence electrons. The topological polar surface area (TPSA) is 54.0 Å². The fourth-order valence-corrected chi connectivity index (χ4v) is 3.05. The zero-order valence-electron chi connectivity index (χ0n) is 11.8. The Bertz CT molecular complexity index is 392. The van der Waals surface area contributed by atoms with Gasteiger partial charge in [0.15, 0.2) is 0 Å². The van der Waals surface area contributed by atoms with Crippen LogP contribution in [0.1, 0.15) is 38.1 Å². The van der Waals surface area contributed by atoms with Crippen LogP contribution >= 0.6 is 36.2 Å². The van der Waals surface area contributed by atoms with Crippen LogP contribution in [0, 0.1) is 5.92 Å². The van der Waals surface area contributed by atoms with E-state index >= 15 is 0 Å². The number of amides is 1. The van der Waals surface area contributed by atoms with Crippen molar-refractivity contribution in [1.82, 2.24) is 15.6 Å². The fraction of sp³-hybridized carbons (Fsp3) is 0.692. The second kappa shape index (κ2) is 8.82. The molecule has 1 amide bonds. The first-order valence-corrected chi connectivity index (χ1v) is 7.37. The molecule has 0 spiro atoms. The summed E-state index contributed by atoms with van der Waals surface area (Å²) in [5.41, 5.74) is -0.363. The van der Waals surface area contributed by atoms with Crippen molar-refractivity contribution in [1.29, 1.82) is 0 Å². The number of nitrogens with zero attached hydrogens (tertiary/aromatic N) is 1. The lowest BCUT2D eigenvalue weighted by atomic mass is 9.94. The molecule has 7 heteroatoms. The third-order valence-corrected chi connectivity index (χ3v) is 4.45. The molecule has 1 aromatic heterocycles. The van der Waals surface area contributed by atoms with E-state index in [4.69, 9.17) is 0 Å². The highest BCUT2D eigenvalue weighted by atomic mass is 35.5. The highest BCUT2D eigenvalue weighted by Crippen LogP contribution is 2.23. The Labute approximate surface area is 137 Å². The van der Waals surface area contributed by atoms with Crippen molar-refractivity contribution in [2.24, 2.45) is 5.92 Å². The van der Waals surface area contributed by atoms with E-state index in [1.54, 1.807) is 17.5 Å². The number of halogens is 2. The zero-order valence-corrected chi connectivity index (χ0v) is 14.3. The van der Waals surface area contributed by atoms with E-state index in [2.05, 4.69) is 15.6 Å². The minimum absolute atomic E-state index is 0. The Hall–Kier alpha value is -0.360. The predicted molar refractivity (Wildman–Crippen MR) is 88.0 cm³/mol. The second-order valence-electron chi connectivity index (χ2n) is 5.41. The van der Waals surface area contributed by atoms with Crippen molar-refractivity contribution >= 4 is 42.1 Å². The molecule has 0 saturated carbocycles. The lowest BCUT2D eigenvalue weighted by molar-refractivity contribution is -0.123. The number of carbonyl (C=O) groups excluding carboxylic acids is 1. The lowest BCUT2D eigenvalue weighted by Crippen LogP contribution is -2.42. The number of hydrogen-bond acceptors (Lipinski definition) is 4. The van der Waals surface area contributed by atoms with Crippen LogP contribution in [0.5, 0.6) is 0 Å². The molecule has 20 heavy (non-hydrogen) atoms. The summed E-state index contributed by atoms with van der Waals surface area (Å²) in [6.45, 7) is 6.08. The minimum atomic E-state index is -0.363. The molecule has 1 aliphatic heterocycles. The Morgan fingerprint density at radius 3 is 2.65 bits per heavy atom. The van der Waals surface area contributed by atoms with Gasteiger partial charge < -0.3 is 10.6 Å². The molecular weight excluding hydrogens is 317 g/mol. The second-order valence-corrected chi connectivity index (χ2v) is 6.30. The van der Waals surface area contributed by atoms with Gasteiger partial charge in [0, 0.05) is 18.0 Å². The van der Waals surface area contributed by atoms with Crippen molar-refractivity contribution in [3.05, 3.63) is 16.6 Å². The van der Waals surface area contributed by atoms with E-state index in [1.807, 2.05) is 19.2 Å². The van der Waals surface area contributed by atoms with Crippen molar-refractivity contribution in [3.63, 3.8) is 0 Å². The van der Waals surface area contributed by atoms with Gasteiger partial charge in [0.25, 0.3) is 0 Å². The first-order valence-electron chi connectivity index (χ1n) is 6.49. The summed E-state index contributed by atoms with van der Waals surface area (Å²) >= 11 is 1.58. The third-order valence-electron chi connectivity index (χ3n) is 3.35. The molecule has 0 aromatic carbocycles. The molecule has 0 aliphatic carbocycles. The molecule has 0 unspecified atom stereocenters. The quantitative estimate of drug-likeness (QED) is 0.886. The van der Waals surface area contributed by atoms with Gasteiger partial charge in [-0.3, -0.25) is 4.79 Å². The summed E-state index contributed by atoms with van der Waals surface area (Å²) < 4.78 is 0. The molecule has 2 rings (SSSR count). The molecule has 0 radical (unpaired) electrons. The van der Waals surface area contributed by atoms with Crippen LogP contribution in [0.2, 0.25) is 0 Å². The summed E-state index contributed by atoms with van der Waals surface area (Å²) in [5, 5.41) is 9.31. The van der Waals surface area contributed by atoms with Crippen molar-refractivity contribution < 1.29 is 4.79 Å². The van der Waals surface area contributed by atoms with Gasteiger partial charge in [-0.05, 0) is 45.7 Å². The van der Waals surface area contributed by atoms with Crippen molar-refractivity contribution in [2.45, 2.75) is 38.6 Å². The van der Waals surface area contributed by atoms with E-state index in [0.717, 1.165) is 30.9 Å². The number of thiazole rings is 1. The SMILES string of the molecule is CC(C)(NC(=O)CC1CCNCC1)c1nccs1.Cl.Cl. The number of piperidine rings is 1. The van der Waals surface area contributed by atoms with Crippen LogP contribution in [-0.2, 0) is 10.3 Å². The fourth-order valence-electron chi connectivity index (χ4n) is 2.33. The van der Waals surface area contributed by atoms with Gasteiger partial charge in [-0.15, -0.1) is 36.2 Å². The molecular formula is C13H23Cl2N3OS. The number of rotatable bonds is 4. The summed E-state index contributed by atoms with van der Waals surface area (Å²) in [6.07, 6.45) is 4.62. The summed E-state index contributed by atoms with van der Waals surface area (Å²) in [4.78, 5) is 16.3. The summed E-state index contributed by atoms with van der Waals surface area (Å²) in [5.74, 6) is 0.667. The van der Waals surface area contributed by atoms with E-state index in [-0.39, 0.29) is 36.3 Å². The Kier molecular flexibility index (Phi) is 8.66. The van der Waals surface area contributed by atoms with Gasteiger partial charge in [0.05, 0.1) is 5.54 Å². The number of nitrogens with one attached hydrogen (secondary N) is 2. The monoisotopic (exact) mass is 339 g/mol. The van der Waals surface area contributed by atoms with Crippen LogP contribution in [0.3, 0.4) is 0 Å². The molecule has 1 aromatic rings. The standard InChI is InChI=1S/C13H21N3OS.2ClH/c1-13(2,12-15-7-8-18-12)16-11(17)9-10-3-5-14-6-4-10;;/h7-8,10,14H,3-6,9H2,1-2H3,(H,16,17);2*1H. The Morgan fingerprint density at radius 2 is 2.10 bits per heavy atom. The first-order chi connectivity index (χ1) is 8.58. The van der Waals surface area contributed by atoms with Crippen molar-refractivity contribution in [3.8, 4) is 0 Å². The lowest BCUT2D eigenvalue weighted by Gasteiger charge is -2.27. The molecule has 0 atom stereocenters. The maximum absolute atomic E-state index is 12.1. The normalized spacial score (nSPS) is 15.9. The Morgan fingerprint density at radius 1 is 1.45 bits per heavy atom. The predicted octanol–water partition coefficient (Wildman–Crippen LogP) is 2.73. The van der Waals surface area contributed by atoms with E-state index in [9.17, 15) is 4.79 Å². The molecule has 1 saturated heterocycles. The average molecular weight is 340 g/mol. The molecule has 4 nitrogen and oxygen atoms in total. The van der Waals surface area contributed by atoms with Crippen LogP contribution in [0.15, 0.2) is 11.6 Å². The smallest absolute Gasteiger partial charge is 0.221 e. The van der Waals surface area contributed by atoms with Crippen LogP contribution in [0.4, 0.5) is 0 Å². The molecule has 1 fully saturated rings. The minimum Gasteiger partial charge on any atom is -0.345 e. The van der Waals surface area contributed by atoms with Crippen LogP contribution in [0.25, 0.3) is 0 Å². The number of carbonyl (C=O) groups is 1. The van der Waals surface area contributed by atoms with Gasteiger partial charge in [-0.2, -0.15) is 0 Å². The summed E-state index contributed by atoms with van der Waals surface area (Å²) in [7, 11) is 0. The summed E-state index contributed by atoms with van der Waals surface area (Å²) in [6, 6.07) is 0. The van der Waals surface area contributed by atoms with Crippen molar-refractivity contribution in [2.75, 3.05) is 13.1 Å². The zero-order chi connectivity index (χ0) is 13.0. The Balaban J connectivity index is 0.00000180.